The molecule has 0 aromatic heterocycles. The number of sulfonamides is 1. The van der Waals surface area contributed by atoms with Crippen molar-refractivity contribution in [2.24, 2.45) is 0 Å². The molecule has 98 valence electrons. The van der Waals surface area contributed by atoms with E-state index in [4.69, 9.17) is 5.11 Å². The minimum absolute atomic E-state index is 0.0175. The van der Waals surface area contributed by atoms with Crippen molar-refractivity contribution in [2.75, 3.05) is 6.61 Å². The lowest BCUT2D eigenvalue weighted by Crippen LogP contribution is -2.41. The summed E-state index contributed by atoms with van der Waals surface area (Å²) in [4.78, 5) is 0. The summed E-state index contributed by atoms with van der Waals surface area (Å²) in [5.74, 6) is 0. The van der Waals surface area contributed by atoms with Crippen molar-refractivity contribution >= 4 is 10.0 Å². The molecule has 0 saturated carbocycles. The van der Waals surface area contributed by atoms with Gasteiger partial charge in [-0.05, 0) is 19.8 Å². The van der Waals surface area contributed by atoms with Gasteiger partial charge in [0.15, 0.2) is 0 Å². The van der Waals surface area contributed by atoms with E-state index < -0.39 is 15.3 Å². The molecule has 16 heavy (non-hydrogen) atoms. The van der Waals surface area contributed by atoms with E-state index in [2.05, 4.69) is 11.6 Å². The van der Waals surface area contributed by atoms with Crippen LogP contribution in [0.4, 0.5) is 0 Å². The topological polar surface area (TPSA) is 66.4 Å². The normalized spacial score (nSPS) is 16.0. The maximum absolute atomic E-state index is 11.7. The van der Waals surface area contributed by atoms with Gasteiger partial charge < -0.3 is 5.11 Å². The van der Waals surface area contributed by atoms with Crippen LogP contribution in [-0.4, -0.2) is 31.4 Å². The molecule has 2 unspecified atom stereocenters. The number of hydrogen-bond acceptors (Lipinski definition) is 3. The molecule has 4 nitrogen and oxygen atoms in total. The summed E-state index contributed by atoms with van der Waals surface area (Å²) in [6.45, 7) is 5.32. The van der Waals surface area contributed by atoms with Crippen LogP contribution in [0.5, 0.6) is 0 Å². The van der Waals surface area contributed by atoms with Gasteiger partial charge in [-0.2, -0.15) is 0 Å². The van der Waals surface area contributed by atoms with Crippen LogP contribution < -0.4 is 4.72 Å². The highest BCUT2D eigenvalue weighted by atomic mass is 32.2. The van der Waals surface area contributed by atoms with Crippen molar-refractivity contribution in [2.45, 2.75) is 64.2 Å². The van der Waals surface area contributed by atoms with E-state index in [9.17, 15) is 8.42 Å². The monoisotopic (exact) mass is 251 g/mol. The van der Waals surface area contributed by atoms with E-state index in [0.717, 1.165) is 32.1 Å². The Labute approximate surface area is 99.5 Å². The lowest BCUT2D eigenvalue weighted by molar-refractivity contribution is 0.294. The molecule has 0 radical (unpaired) electrons. The number of aliphatic hydroxyl groups excluding tert-OH is 1. The molecule has 0 aromatic carbocycles. The van der Waals surface area contributed by atoms with Crippen molar-refractivity contribution in [1.82, 2.24) is 4.72 Å². The first kappa shape index (κ1) is 15.9. The van der Waals surface area contributed by atoms with Crippen molar-refractivity contribution < 1.29 is 13.5 Å². The summed E-state index contributed by atoms with van der Waals surface area (Å²) < 4.78 is 26.2. The van der Waals surface area contributed by atoms with Crippen LogP contribution in [0, 0.1) is 0 Å². The zero-order valence-electron chi connectivity index (χ0n) is 10.6. The van der Waals surface area contributed by atoms with E-state index in [1.807, 2.05) is 6.92 Å². The summed E-state index contributed by atoms with van der Waals surface area (Å²) in [5.41, 5.74) is 0. The van der Waals surface area contributed by atoms with Crippen molar-refractivity contribution in [3.05, 3.63) is 0 Å². The van der Waals surface area contributed by atoms with E-state index >= 15 is 0 Å². The van der Waals surface area contributed by atoms with E-state index in [1.165, 1.54) is 6.92 Å². The summed E-state index contributed by atoms with van der Waals surface area (Å²) in [5, 5.41) is 8.14. The van der Waals surface area contributed by atoms with Gasteiger partial charge in [-0.1, -0.05) is 33.1 Å². The second-order valence-corrected chi connectivity index (χ2v) is 6.41. The van der Waals surface area contributed by atoms with Gasteiger partial charge in [-0.3, -0.25) is 0 Å². The zero-order chi connectivity index (χ0) is 12.6. The fourth-order valence-electron chi connectivity index (χ4n) is 1.51. The molecule has 2 atom stereocenters. The predicted molar refractivity (Wildman–Crippen MR) is 66.8 cm³/mol. The summed E-state index contributed by atoms with van der Waals surface area (Å²) >= 11 is 0. The second kappa shape index (κ2) is 8.03. The lowest BCUT2D eigenvalue weighted by Gasteiger charge is -2.20. The number of nitrogens with one attached hydrogen (secondary N) is 1. The highest BCUT2D eigenvalue weighted by Crippen LogP contribution is 2.10. The first-order valence-corrected chi connectivity index (χ1v) is 7.64. The van der Waals surface area contributed by atoms with Crippen LogP contribution in [0.15, 0.2) is 0 Å². The summed E-state index contributed by atoms with van der Waals surface area (Å²) in [6.07, 6.45) is 4.79. The third kappa shape index (κ3) is 5.82. The first-order chi connectivity index (χ1) is 7.47. The fourth-order valence-corrected chi connectivity index (χ4v) is 2.64. The second-order valence-electron chi connectivity index (χ2n) is 4.28. The molecule has 0 rings (SSSR count). The Hall–Kier alpha value is -0.130. The van der Waals surface area contributed by atoms with E-state index in [-0.39, 0.29) is 12.6 Å². The molecular formula is C11H25NO3S. The average Bonchev–Trinajstić information content (AvgIpc) is 2.24. The largest absolute Gasteiger partial charge is 0.395 e. The van der Waals surface area contributed by atoms with Gasteiger partial charge >= 0.3 is 0 Å². The van der Waals surface area contributed by atoms with Gasteiger partial charge in [-0.15, -0.1) is 0 Å². The molecular weight excluding hydrogens is 226 g/mol. The minimum Gasteiger partial charge on any atom is -0.395 e. The van der Waals surface area contributed by atoms with Crippen LogP contribution in [0.25, 0.3) is 0 Å². The lowest BCUT2D eigenvalue weighted by atomic mass is 10.1. The number of aliphatic hydroxyl groups is 1. The Morgan fingerprint density at radius 2 is 1.81 bits per heavy atom. The van der Waals surface area contributed by atoms with Crippen molar-refractivity contribution in [1.29, 1.82) is 0 Å². The maximum Gasteiger partial charge on any atom is 0.216 e. The van der Waals surface area contributed by atoms with Crippen LogP contribution in [0.1, 0.15) is 52.9 Å². The molecule has 0 aliphatic carbocycles. The fraction of sp³-hybridized carbons (Fsp3) is 1.00. The van der Waals surface area contributed by atoms with Gasteiger partial charge in [0.05, 0.1) is 11.9 Å². The highest BCUT2D eigenvalue weighted by Gasteiger charge is 2.23. The van der Waals surface area contributed by atoms with Crippen molar-refractivity contribution in [3.8, 4) is 0 Å². The van der Waals surface area contributed by atoms with E-state index in [1.54, 1.807) is 0 Å². The molecule has 0 aromatic rings. The molecule has 5 heteroatoms. The van der Waals surface area contributed by atoms with E-state index in [0.29, 0.717) is 0 Å². The van der Waals surface area contributed by atoms with Crippen LogP contribution in [-0.2, 0) is 10.0 Å². The van der Waals surface area contributed by atoms with Gasteiger partial charge in [0.2, 0.25) is 10.0 Å². The van der Waals surface area contributed by atoms with Crippen LogP contribution in [0.3, 0.4) is 0 Å². The highest BCUT2D eigenvalue weighted by molar-refractivity contribution is 7.90. The first-order valence-electron chi connectivity index (χ1n) is 6.09. The third-order valence-corrected chi connectivity index (χ3v) is 4.53. The molecule has 0 heterocycles. The summed E-state index contributed by atoms with van der Waals surface area (Å²) in [7, 11) is -3.36. The van der Waals surface area contributed by atoms with Gasteiger partial charge in [0.1, 0.15) is 0 Å². The number of unbranched alkanes of at least 4 members (excludes halogenated alkanes) is 1. The smallest absolute Gasteiger partial charge is 0.216 e. The standard InChI is InChI=1S/C11H25NO3S/c1-4-6-8-11(7-5-2)12-16(14,15)10(3)9-13/h10-13H,4-9H2,1-3H3. The quantitative estimate of drug-likeness (QED) is 0.655. The Morgan fingerprint density at radius 3 is 2.25 bits per heavy atom. The molecule has 0 bridgehead atoms. The molecule has 2 N–H and O–H groups in total. The maximum atomic E-state index is 11.7. The van der Waals surface area contributed by atoms with Crippen LogP contribution >= 0.6 is 0 Å². The van der Waals surface area contributed by atoms with Gasteiger partial charge in [0.25, 0.3) is 0 Å². The molecule has 0 aliphatic heterocycles. The number of rotatable bonds is 9. The Morgan fingerprint density at radius 1 is 1.19 bits per heavy atom. The molecule has 0 spiro atoms. The van der Waals surface area contributed by atoms with Gasteiger partial charge in [-0.25, -0.2) is 13.1 Å². The molecule has 0 saturated heterocycles. The van der Waals surface area contributed by atoms with Gasteiger partial charge in [0, 0.05) is 6.04 Å². The SMILES string of the molecule is CCCCC(CCC)NS(=O)(=O)C(C)CO. The average molecular weight is 251 g/mol. The zero-order valence-corrected chi connectivity index (χ0v) is 11.4. The molecule has 0 fully saturated rings. The molecule has 0 aliphatic rings. The van der Waals surface area contributed by atoms with Crippen LogP contribution in [0.2, 0.25) is 0 Å². The Kier molecular flexibility index (Phi) is 7.97. The Bertz CT molecular complexity index is 264. The number of hydrogen-bond donors (Lipinski definition) is 2. The summed E-state index contributed by atoms with van der Waals surface area (Å²) in [6, 6.07) is 0.0175. The third-order valence-electron chi connectivity index (χ3n) is 2.66. The van der Waals surface area contributed by atoms with Crippen molar-refractivity contribution in [3.63, 3.8) is 0 Å². The Balaban J connectivity index is 4.36. The minimum atomic E-state index is -3.36. The molecule has 0 amide bonds. The predicted octanol–water partition coefficient (Wildman–Crippen LogP) is 1.65.